The van der Waals surface area contributed by atoms with E-state index in [2.05, 4.69) is 89.7 Å². The molecule has 1 N–H and O–H groups in total. The molecule has 4 saturated carbocycles. The van der Waals surface area contributed by atoms with Crippen molar-refractivity contribution in [2.75, 3.05) is 0 Å². The molecule has 1 aromatic heterocycles. The third-order valence-corrected chi connectivity index (χ3v) is 14.9. The number of rotatable bonds is 3. The van der Waals surface area contributed by atoms with E-state index in [1.54, 1.807) is 0 Å². The summed E-state index contributed by atoms with van der Waals surface area (Å²) in [5.41, 5.74) is 4.23. The third-order valence-electron chi connectivity index (χ3n) is 14.9. The van der Waals surface area contributed by atoms with Crippen LogP contribution < -0.4 is 0 Å². The van der Waals surface area contributed by atoms with Crippen molar-refractivity contribution in [1.29, 1.82) is 0 Å². The van der Waals surface area contributed by atoms with E-state index in [0.717, 1.165) is 32.1 Å². The molecule has 0 amide bonds. The smallest absolute Gasteiger partial charge is 0.309 e. The SMILES string of the molecule is CC(C)[C@@H]1CC[C@]2(C(=O)O)CC[C@]3(C)[C@H](CC[C@@H]4[C@@]5(C)Cc6cnn(-c7ccccc7)c6C(C)(C)[C@@H]5CC[C@]43C)[C@@H]12. The molecule has 4 heteroatoms. The van der Waals surface area contributed by atoms with Gasteiger partial charge in [-0.15, -0.1) is 0 Å². The number of carboxylic acids is 1. The number of hydrogen-bond donors (Lipinski definition) is 1. The van der Waals surface area contributed by atoms with Gasteiger partial charge in [0, 0.05) is 5.41 Å². The van der Waals surface area contributed by atoms with Gasteiger partial charge >= 0.3 is 5.97 Å². The minimum Gasteiger partial charge on any atom is -0.481 e. The van der Waals surface area contributed by atoms with Crippen LogP contribution >= 0.6 is 0 Å². The molecule has 0 bridgehead atoms. The lowest BCUT2D eigenvalue weighted by Crippen LogP contribution is -2.67. The molecule has 0 aliphatic heterocycles. The molecule has 2 aromatic rings. The molecule has 0 radical (unpaired) electrons. The quantitative estimate of drug-likeness (QED) is 0.411. The van der Waals surface area contributed by atoms with Crippen molar-refractivity contribution in [1.82, 2.24) is 9.78 Å². The molecule has 1 heterocycles. The van der Waals surface area contributed by atoms with Gasteiger partial charge in [0.1, 0.15) is 0 Å². The molecule has 222 valence electrons. The van der Waals surface area contributed by atoms with Gasteiger partial charge in [-0.05, 0) is 127 Å². The molecule has 41 heavy (non-hydrogen) atoms. The van der Waals surface area contributed by atoms with Crippen molar-refractivity contribution in [3.05, 3.63) is 47.8 Å². The number of carboxylic acid groups (broad SMARTS) is 1. The first-order chi connectivity index (χ1) is 19.3. The third kappa shape index (κ3) is 3.34. The Hall–Kier alpha value is -2.10. The molecule has 5 aliphatic carbocycles. The molecule has 1 aromatic carbocycles. The summed E-state index contributed by atoms with van der Waals surface area (Å²) >= 11 is 0. The molecular formula is C37H52N2O2. The normalized spacial score (nSPS) is 44.3. The van der Waals surface area contributed by atoms with Gasteiger partial charge in [0.15, 0.2) is 0 Å². The molecule has 7 rings (SSSR count). The highest BCUT2D eigenvalue weighted by molar-refractivity contribution is 5.76. The largest absolute Gasteiger partial charge is 0.481 e. The van der Waals surface area contributed by atoms with Gasteiger partial charge < -0.3 is 5.11 Å². The highest BCUT2D eigenvalue weighted by Crippen LogP contribution is 2.77. The summed E-state index contributed by atoms with van der Waals surface area (Å²) in [6.07, 6.45) is 12.2. The number of nitrogens with zero attached hydrogens (tertiary/aromatic N) is 2. The van der Waals surface area contributed by atoms with E-state index < -0.39 is 11.4 Å². The van der Waals surface area contributed by atoms with Gasteiger partial charge in [0.2, 0.25) is 0 Å². The van der Waals surface area contributed by atoms with Crippen LogP contribution in [0.2, 0.25) is 0 Å². The Morgan fingerprint density at radius 2 is 1.63 bits per heavy atom. The fourth-order valence-electron chi connectivity index (χ4n) is 13.1. The van der Waals surface area contributed by atoms with Crippen LogP contribution in [0.4, 0.5) is 0 Å². The zero-order chi connectivity index (χ0) is 29.2. The summed E-state index contributed by atoms with van der Waals surface area (Å²) < 4.78 is 2.24. The van der Waals surface area contributed by atoms with E-state index in [-0.39, 0.29) is 21.7 Å². The maximum Gasteiger partial charge on any atom is 0.309 e. The highest BCUT2D eigenvalue weighted by Gasteiger charge is 2.72. The fourth-order valence-corrected chi connectivity index (χ4v) is 13.1. The first kappa shape index (κ1) is 27.7. The zero-order valence-corrected chi connectivity index (χ0v) is 26.5. The summed E-state index contributed by atoms with van der Waals surface area (Å²) in [5.74, 6) is 2.73. The van der Waals surface area contributed by atoms with E-state index >= 15 is 0 Å². The lowest BCUT2D eigenvalue weighted by molar-refractivity contribution is -0.230. The fraction of sp³-hybridized carbons (Fsp3) is 0.730. The minimum atomic E-state index is -0.493. The van der Waals surface area contributed by atoms with Gasteiger partial charge in [0.25, 0.3) is 0 Å². The summed E-state index contributed by atoms with van der Waals surface area (Å²) in [6.45, 7) is 17.6. The van der Waals surface area contributed by atoms with E-state index in [0.29, 0.717) is 35.5 Å². The first-order valence-corrected chi connectivity index (χ1v) is 16.7. The average molecular weight is 557 g/mol. The van der Waals surface area contributed by atoms with E-state index in [1.165, 1.54) is 42.6 Å². The van der Waals surface area contributed by atoms with Gasteiger partial charge in [-0.2, -0.15) is 5.10 Å². The second-order valence-electron chi connectivity index (χ2n) is 16.8. The van der Waals surface area contributed by atoms with Crippen LogP contribution in [-0.4, -0.2) is 20.9 Å². The Morgan fingerprint density at radius 3 is 2.32 bits per heavy atom. The first-order valence-electron chi connectivity index (χ1n) is 16.7. The highest BCUT2D eigenvalue weighted by atomic mass is 16.4. The number of aliphatic carboxylic acids is 1. The van der Waals surface area contributed by atoms with E-state index in [1.807, 2.05) is 0 Å². The number of para-hydroxylation sites is 1. The molecule has 4 fully saturated rings. The minimum absolute atomic E-state index is 0.0347. The van der Waals surface area contributed by atoms with E-state index in [4.69, 9.17) is 5.10 Å². The van der Waals surface area contributed by atoms with Gasteiger partial charge in [-0.1, -0.05) is 66.7 Å². The number of carbonyl (C=O) groups is 1. The monoisotopic (exact) mass is 556 g/mol. The van der Waals surface area contributed by atoms with Crippen molar-refractivity contribution in [3.8, 4) is 5.69 Å². The van der Waals surface area contributed by atoms with Crippen molar-refractivity contribution in [2.45, 2.75) is 112 Å². The van der Waals surface area contributed by atoms with Crippen LogP contribution in [0.5, 0.6) is 0 Å². The number of benzene rings is 1. The maximum atomic E-state index is 13.0. The van der Waals surface area contributed by atoms with Crippen LogP contribution in [-0.2, 0) is 16.6 Å². The van der Waals surface area contributed by atoms with Crippen molar-refractivity contribution >= 4 is 5.97 Å². The lowest BCUT2D eigenvalue weighted by atomic mass is 9.32. The Kier molecular flexibility index (Phi) is 5.90. The number of fused-ring (bicyclic) bond motifs is 8. The topological polar surface area (TPSA) is 55.1 Å². The molecule has 9 atom stereocenters. The molecule has 0 spiro atoms. The molecule has 5 aliphatic rings. The average Bonchev–Trinajstić information content (AvgIpc) is 3.53. The van der Waals surface area contributed by atoms with Crippen molar-refractivity contribution in [3.63, 3.8) is 0 Å². The Labute approximate surface area is 247 Å². The van der Waals surface area contributed by atoms with Crippen LogP contribution in [0.3, 0.4) is 0 Å². The predicted molar refractivity (Wildman–Crippen MR) is 164 cm³/mol. The van der Waals surface area contributed by atoms with Gasteiger partial charge in [0.05, 0.1) is 23.0 Å². The standard InChI is InChI=1S/C37H52N2O2/c1-23(2)26-15-18-37(32(40)41)20-19-35(6)27(30(26)37)13-14-29-34(5)21-24-22-38-39(25-11-9-8-10-12-25)31(24)33(3,4)28(34)16-17-36(29,35)7/h8-12,22-23,26-30H,13-21H2,1-7H3,(H,40,41)/t26-,27+,28-,29+,30+,34-,35+,36+,37-/m0/s1. The zero-order valence-electron chi connectivity index (χ0n) is 26.5. The second kappa shape index (κ2) is 8.73. The number of aromatic nitrogens is 2. The molecule has 0 unspecified atom stereocenters. The summed E-state index contributed by atoms with van der Waals surface area (Å²) in [5, 5.41) is 15.7. The lowest BCUT2D eigenvalue weighted by Gasteiger charge is -2.72. The Balaban J connectivity index is 1.29. The summed E-state index contributed by atoms with van der Waals surface area (Å²) in [4.78, 5) is 13.0. The Morgan fingerprint density at radius 1 is 0.902 bits per heavy atom. The summed E-state index contributed by atoms with van der Waals surface area (Å²) in [7, 11) is 0. The second-order valence-corrected chi connectivity index (χ2v) is 16.8. The van der Waals surface area contributed by atoms with Crippen LogP contribution in [0, 0.1) is 57.2 Å². The maximum absolute atomic E-state index is 13.0. The van der Waals surface area contributed by atoms with Crippen LogP contribution in [0.1, 0.15) is 111 Å². The van der Waals surface area contributed by atoms with Crippen LogP contribution in [0.25, 0.3) is 5.69 Å². The van der Waals surface area contributed by atoms with Crippen molar-refractivity contribution < 1.29 is 9.90 Å². The van der Waals surface area contributed by atoms with E-state index in [9.17, 15) is 9.90 Å². The Bertz CT molecular complexity index is 1360. The molecule has 0 saturated heterocycles. The number of hydrogen-bond acceptors (Lipinski definition) is 2. The molecule has 4 nitrogen and oxygen atoms in total. The van der Waals surface area contributed by atoms with Gasteiger partial charge in [-0.25, -0.2) is 4.68 Å². The molecular weight excluding hydrogens is 504 g/mol. The predicted octanol–water partition coefficient (Wildman–Crippen LogP) is 8.71. The summed E-state index contributed by atoms with van der Waals surface area (Å²) in [6, 6.07) is 10.7. The van der Waals surface area contributed by atoms with Crippen molar-refractivity contribution in [2.24, 2.45) is 57.2 Å². The van der Waals surface area contributed by atoms with Gasteiger partial charge in [-0.3, -0.25) is 4.79 Å². The van der Waals surface area contributed by atoms with Crippen LogP contribution in [0.15, 0.2) is 36.5 Å².